The molecule has 1 aliphatic carbocycles. The molecule has 96 valence electrons. The Morgan fingerprint density at radius 3 is 3.06 bits per heavy atom. The molecule has 1 aromatic carbocycles. The second-order valence-electron chi connectivity index (χ2n) is 5.05. The summed E-state index contributed by atoms with van der Waals surface area (Å²) in [5.74, 6) is 1.69. The van der Waals surface area contributed by atoms with Crippen molar-refractivity contribution in [1.29, 1.82) is 0 Å². The summed E-state index contributed by atoms with van der Waals surface area (Å²) in [6.45, 7) is 3.36. The minimum atomic E-state index is 0.644. The Kier molecular flexibility index (Phi) is 3.57. The maximum absolute atomic E-state index is 5.69. The third-order valence-corrected chi connectivity index (χ3v) is 4.26. The molecule has 0 spiro atoms. The standard InChI is InChI=1S/C14H18N2OS/c1-10(8-15-11-6-7-11)9-18-14-16-12-4-2-3-5-13(12)17-14/h2-5,10-11,15H,6-9H2,1H3. The van der Waals surface area contributed by atoms with Gasteiger partial charge in [0.15, 0.2) is 5.58 Å². The first-order valence-electron chi connectivity index (χ1n) is 6.53. The maximum atomic E-state index is 5.69. The Morgan fingerprint density at radius 2 is 2.28 bits per heavy atom. The summed E-state index contributed by atoms with van der Waals surface area (Å²) in [5.41, 5.74) is 1.83. The number of aromatic nitrogens is 1. The van der Waals surface area contributed by atoms with Crippen molar-refractivity contribution in [3.63, 3.8) is 0 Å². The van der Waals surface area contributed by atoms with Crippen molar-refractivity contribution in [1.82, 2.24) is 10.3 Å². The Bertz CT molecular complexity index is 488. The number of benzene rings is 1. The summed E-state index contributed by atoms with van der Waals surface area (Å²) in [4.78, 5) is 4.47. The summed E-state index contributed by atoms with van der Waals surface area (Å²) in [7, 11) is 0. The predicted molar refractivity (Wildman–Crippen MR) is 74.9 cm³/mol. The molecule has 0 bridgehead atoms. The van der Waals surface area contributed by atoms with Crippen LogP contribution < -0.4 is 5.32 Å². The van der Waals surface area contributed by atoms with Crippen LogP contribution in [-0.2, 0) is 0 Å². The van der Waals surface area contributed by atoms with Gasteiger partial charge in [-0.05, 0) is 37.4 Å². The average molecular weight is 262 g/mol. The zero-order chi connectivity index (χ0) is 12.4. The largest absolute Gasteiger partial charge is 0.431 e. The van der Waals surface area contributed by atoms with Crippen LogP contribution in [-0.4, -0.2) is 23.3 Å². The number of oxazole rings is 1. The van der Waals surface area contributed by atoms with Crippen molar-refractivity contribution in [2.75, 3.05) is 12.3 Å². The van der Waals surface area contributed by atoms with Crippen LogP contribution in [0.3, 0.4) is 0 Å². The minimum Gasteiger partial charge on any atom is -0.431 e. The summed E-state index contributed by atoms with van der Waals surface area (Å²) in [6, 6.07) is 8.71. The van der Waals surface area contributed by atoms with Gasteiger partial charge >= 0.3 is 0 Å². The van der Waals surface area contributed by atoms with Crippen LogP contribution in [0.4, 0.5) is 0 Å². The maximum Gasteiger partial charge on any atom is 0.256 e. The molecule has 18 heavy (non-hydrogen) atoms. The number of nitrogens with one attached hydrogen (secondary N) is 1. The van der Waals surface area contributed by atoms with E-state index in [0.29, 0.717) is 5.92 Å². The molecule has 1 fully saturated rings. The quantitative estimate of drug-likeness (QED) is 0.811. The highest BCUT2D eigenvalue weighted by molar-refractivity contribution is 7.99. The Morgan fingerprint density at radius 1 is 1.44 bits per heavy atom. The van der Waals surface area contributed by atoms with Gasteiger partial charge in [-0.3, -0.25) is 0 Å². The van der Waals surface area contributed by atoms with Gasteiger partial charge in [0.1, 0.15) is 5.52 Å². The van der Waals surface area contributed by atoms with Gasteiger partial charge in [-0.25, -0.2) is 4.98 Å². The van der Waals surface area contributed by atoms with Gasteiger partial charge in [-0.2, -0.15) is 0 Å². The van der Waals surface area contributed by atoms with Crippen LogP contribution in [0, 0.1) is 5.92 Å². The van der Waals surface area contributed by atoms with Crippen molar-refractivity contribution < 1.29 is 4.42 Å². The number of thioether (sulfide) groups is 1. The lowest BCUT2D eigenvalue weighted by Crippen LogP contribution is -2.24. The molecule has 1 unspecified atom stereocenters. The molecule has 1 saturated carbocycles. The van der Waals surface area contributed by atoms with E-state index in [-0.39, 0.29) is 0 Å². The van der Waals surface area contributed by atoms with Gasteiger partial charge in [-0.15, -0.1) is 0 Å². The molecule has 3 rings (SSSR count). The number of nitrogens with zero attached hydrogens (tertiary/aromatic N) is 1. The smallest absolute Gasteiger partial charge is 0.256 e. The van der Waals surface area contributed by atoms with E-state index in [1.807, 2.05) is 24.3 Å². The van der Waals surface area contributed by atoms with Gasteiger partial charge in [0.25, 0.3) is 5.22 Å². The monoisotopic (exact) mass is 262 g/mol. The summed E-state index contributed by atoms with van der Waals surface area (Å²) in [6.07, 6.45) is 2.70. The second-order valence-corrected chi connectivity index (χ2v) is 6.02. The van der Waals surface area contributed by atoms with E-state index in [1.165, 1.54) is 12.8 Å². The highest BCUT2D eigenvalue weighted by atomic mass is 32.2. The third-order valence-electron chi connectivity index (χ3n) is 3.10. The van der Waals surface area contributed by atoms with E-state index in [9.17, 15) is 0 Å². The van der Waals surface area contributed by atoms with E-state index < -0.39 is 0 Å². The van der Waals surface area contributed by atoms with E-state index >= 15 is 0 Å². The number of hydrogen-bond donors (Lipinski definition) is 1. The number of rotatable bonds is 6. The topological polar surface area (TPSA) is 38.1 Å². The van der Waals surface area contributed by atoms with Crippen LogP contribution in [0.25, 0.3) is 11.1 Å². The number of hydrogen-bond acceptors (Lipinski definition) is 4. The van der Waals surface area contributed by atoms with Crippen LogP contribution in [0.1, 0.15) is 19.8 Å². The van der Waals surface area contributed by atoms with Crippen molar-refractivity contribution >= 4 is 22.9 Å². The summed E-state index contributed by atoms with van der Waals surface area (Å²) >= 11 is 1.71. The molecule has 0 radical (unpaired) electrons. The van der Waals surface area contributed by atoms with Crippen molar-refractivity contribution in [2.24, 2.45) is 5.92 Å². The van der Waals surface area contributed by atoms with Gasteiger partial charge in [-0.1, -0.05) is 30.8 Å². The van der Waals surface area contributed by atoms with Crippen molar-refractivity contribution in [3.05, 3.63) is 24.3 Å². The third kappa shape index (κ3) is 3.06. The first kappa shape index (κ1) is 12.1. The van der Waals surface area contributed by atoms with Crippen molar-refractivity contribution in [2.45, 2.75) is 31.0 Å². The van der Waals surface area contributed by atoms with Crippen molar-refractivity contribution in [3.8, 4) is 0 Å². The van der Waals surface area contributed by atoms with Gasteiger partial charge in [0, 0.05) is 11.8 Å². The molecule has 1 aromatic heterocycles. The minimum absolute atomic E-state index is 0.644. The molecule has 0 aliphatic heterocycles. The van der Waals surface area contributed by atoms with Crippen LogP contribution in [0.2, 0.25) is 0 Å². The molecule has 1 aliphatic rings. The highest BCUT2D eigenvalue weighted by Gasteiger charge is 2.21. The van der Waals surface area contributed by atoms with E-state index in [2.05, 4.69) is 17.2 Å². The fourth-order valence-electron chi connectivity index (χ4n) is 1.84. The lowest BCUT2D eigenvalue weighted by Gasteiger charge is -2.09. The second kappa shape index (κ2) is 5.33. The van der Waals surface area contributed by atoms with Gasteiger partial charge in [0.05, 0.1) is 0 Å². The van der Waals surface area contributed by atoms with Crippen LogP contribution in [0.15, 0.2) is 33.9 Å². The molecule has 0 amide bonds. The van der Waals surface area contributed by atoms with Crippen LogP contribution >= 0.6 is 11.8 Å². The molecule has 3 nitrogen and oxygen atoms in total. The van der Waals surface area contributed by atoms with E-state index in [1.54, 1.807) is 11.8 Å². The normalized spacial score (nSPS) is 17.2. The Hall–Kier alpha value is -1.00. The lowest BCUT2D eigenvalue weighted by molar-refractivity contribution is 0.486. The Labute approximate surface area is 111 Å². The first-order chi connectivity index (χ1) is 8.81. The summed E-state index contributed by atoms with van der Waals surface area (Å²) < 4.78 is 5.69. The lowest BCUT2D eigenvalue weighted by atomic mass is 10.2. The summed E-state index contributed by atoms with van der Waals surface area (Å²) in [5, 5.41) is 4.34. The fourth-order valence-corrected chi connectivity index (χ4v) is 2.70. The van der Waals surface area contributed by atoms with Crippen LogP contribution in [0.5, 0.6) is 0 Å². The highest BCUT2D eigenvalue weighted by Crippen LogP contribution is 2.25. The molecule has 1 N–H and O–H groups in total. The molecule has 1 heterocycles. The molecular formula is C14H18N2OS. The zero-order valence-corrected chi connectivity index (χ0v) is 11.4. The van der Waals surface area contributed by atoms with Gasteiger partial charge in [0.2, 0.25) is 0 Å². The number of para-hydroxylation sites is 2. The molecule has 2 aromatic rings. The first-order valence-corrected chi connectivity index (χ1v) is 7.51. The molecule has 4 heteroatoms. The fraction of sp³-hybridized carbons (Fsp3) is 0.500. The number of fused-ring (bicyclic) bond motifs is 1. The zero-order valence-electron chi connectivity index (χ0n) is 10.6. The average Bonchev–Trinajstić information content (AvgIpc) is 3.11. The SMILES string of the molecule is CC(CNC1CC1)CSc1nc2ccccc2o1. The Balaban J connectivity index is 1.51. The molecule has 0 saturated heterocycles. The van der Waals surface area contributed by atoms with Gasteiger partial charge < -0.3 is 9.73 Å². The predicted octanol–water partition coefficient (Wildman–Crippen LogP) is 3.31. The molecular weight excluding hydrogens is 244 g/mol. The van der Waals surface area contributed by atoms with E-state index in [0.717, 1.165) is 34.7 Å². The van der Waals surface area contributed by atoms with E-state index in [4.69, 9.17) is 4.42 Å². The molecule has 1 atom stereocenters.